The van der Waals surface area contributed by atoms with Crippen LogP contribution in [0.4, 0.5) is 4.79 Å². The minimum Gasteiger partial charge on any atom is -0.480 e. The number of piperidine rings is 1. The lowest BCUT2D eigenvalue weighted by atomic mass is 9.98. The summed E-state index contributed by atoms with van der Waals surface area (Å²) in [5.74, 6) is -0.903. The minimum atomic E-state index is -1.01. The number of nitrogens with zero attached hydrogens (tertiary/aromatic N) is 1. The van der Waals surface area contributed by atoms with Gasteiger partial charge in [0, 0.05) is 19.7 Å². The number of hydrogen-bond donors (Lipinski definition) is 3. The first-order valence-corrected chi connectivity index (χ1v) is 6.34. The molecule has 1 fully saturated rings. The number of carboxylic acids is 1. The van der Waals surface area contributed by atoms with E-state index < -0.39 is 12.0 Å². The Labute approximate surface area is 107 Å². The van der Waals surface area contributed by atoms with Gasteiger partial charge < -0.3 is 20.4 Å². The maximum absolute atomic E-state index is 11.9. The van der Waals surface area contributed by atoms with Gasteiger partial charge in [0.15, 0.2) is 0 Å². The van der Waals surface area contributed by atoms with Crippen LogP contribution in [0.2, 0.25) is 0 Å². The van der Waals surface area contributed by atoms with Gasteiger partial charge in [0.25, 0.3) is 0 Å². The van der Waals surface area contributed by atoms with Gasteiger partial charge in [-0.15, -0.1) is 0 Å². The molecule has 1 saturated heterocycles. The maximum Gasteiger partial charge on any atom is 0.326 e. The average molecular weight is 258 g/mol. The van der Waals surface area contributed by atoms with E-state index >= 15 is 0 Å². The van der Waals surface area contributed by atoms with Crippen LogP contribution in [0.3, 0.4) is 0 Å². The number of carboxylic acid groups (broad SMARTS) is 1. The highest BCUT2D eigenvalue weighted by molar-refractivity contribution is 5.82. The number of rotatable bonds is 4. The zero-order valence-corrected chi connectivity index (χ0v) is 10.9. The standard InChI is InChI=1S/C12H22N2O4/c1-8(2)10(11(16)17)13-12(18)14-5-3-9(7-15)4-6-14/h8-10,15H,3-7H2,1-2H3,(H,13,18)(H,16,17). The van der Waals surface area contributed by atoms with Crippen molar-refractivity contribution in [2.45, 2.75) is 32.7 Å². The number of urea groups is 1. The molecule has 18 heavy (non-hydrogen) atoms. The molecule has 6 heteroatoms. The molecule has 1 heterocycles. The number of nitrogens with one attached hydrogen (secondary N) is 1. The largest absolute Gasteiger partial charge is 0.480 e. The molecule has 0 radical (unpaired) electrons. The van der Waals surface area contributed by atoms with Crippen LogP contribution in [-0.4, -0.2) is 52.9 Å². The fourth-order valence-electron chi connectivity index (χ4n) is 2.06. The summed E-state index contributed by atoms with van der Waals surface area (Å²) in [5.41, 5.74) is 0. The SMILES string of the molecule is CC(C)C(NC(=O)N1CCC(CO)CC1)C(=O)O. The van der Waals surface area contributed by atoms with Crippen molar-refractivity contribution in [3.63, 3.8) is 0 Å². The summed E-state index contributed by atoms with van der Waals surface area (Å²) in [4.78, 5) is 24.5. The van der Waals surface area contributed by atoms with E-state index in [1.54, 1.807) is 18.7 Å². The van der Waals surface area contributed by atoms with Crippen molar-refractivity contribution in [1.82, 2.24) is 10.2 Å². The van der Waals surface area contributed by atoms with E-state index in [9.17, 15) is 9.59 Å². The molecule has 0 saturated carbocycles. The van der Waals surface area contributed by atoms with Crippen LogP contribution < -0.4 is 5.32 Å². The Bertz CT molecular complexity index is 298. The zero-order chi connectivity index (χ0) is 13.7. The van der Waals surface area contributed by atoms with E-state index in [1.165, 1.54) is 0 Å². The van der Waals surface area contributed by atoms with Crippen LogP contribution in [0.15, 0.2) is 0 Å². The summed E-state index contributed by atoms with van der Waals surface area (Å²) in [6.45, 7) is 4.82. The number of likely N-dealkylation sites (tertiary alicyclic amines) is 1. The molecule has 1 aliphatic heterocycles. The van der Waals surface area contributed by atoms with Crippen LogP contribution in [0.5, 0.6) is 0 Å². The molecule has 0 spiro atoms. The van der Waals surface area contributed by atoms with Crippen molar-refractivity contribution in [2.24, 2.45) is 11.8 Å². The molecular formula is C12H22N2O4. The number of carbonyl (C=O) groups excluding carboxylic acids is 1. The Hall–Kier alpha value is -1.30. The molecule has 0 bridgehead atoms. The van der Waals surface area contributed by atoms with Crippen LogP contribution in [0.1, 0.15) is 26.7 Å². The summed E-state index contributed by atoms with van der Waals surface area (Å²) in [6.07, 6.45) is 1.53. The van der Waals surface area contributed by atoms with Gasteiger partial charge in [0.2, 0.25) is 0 Å². The monoisotopic (exact) mass is 258 g/mol. The molecule has 1 atom stereocenters. The van der Waals surface area contributed by atoms with E-state index in [0.717, 1.165) is 12.8 Å². The number of aliphatic hydroxyl groups excluding tert-OH is 1. The topological polar surface area (TPSA) is 89.9 Å². The molecule has 6 nitrogen and oxygen atoms in total. The van der Waals surface area contributed by atoms with Gasteiger partial charge in [0.1, 0.15) is 6.04 Å². The Balaban J connectivity index is 2.48. The van der Waals surface area contributed by atoms with Crippen molar-refractivity contribution in [3.8, 4) is 0 Å². The van der Waals surface area contributed by atoms with Gasteiger partial charge in [-0.1, -0.05) is 13.8 Å². The van der Waals surface area contributed by atoms with E-state index in [4.69, 9.17) is 10.2 Å². The third kappa shape index (κ3) is 3.87. The highest BCUT2D eigenvalue weighted by Crippen LogP contribution is 2.16. The van der Waals surface area contributed by atoms with Gasteiger partial charge in [-0.2, -0.15) is 0 Å². The predicted molar refractivity (Wildman–Crippen MR) is 66.2 cm³/mol. The van der Waals surface area contributed by atoms with Crippen molar-refractivity contribution in [3.05, 3.63) is 0 Å². The Morgan fingerprint density at radius 1 is 1.33 bits per heavy atom. The van der Waals surface area contributed by atoms with Gasteiger partial charge in [-0.05, 0) is 24.7 Å². The number of carbonyl (C=O) groups is 2. The van der Waals surface area contributed by atoms with Crippen LogP contribution in [-0.2, 0) is 4.79 Å². The molecule has 0 aliphatic carbocycles. The predicted octanol–water partition coefficient (Wildman–Crippen LogP) is 0.509. The molecule has 1 rings (SSSR count). The first-order chi connectivity index (χ1) is 8.45. The quantitative estimate of drug-likeness (QED) is 0.685. The second-order valence-corrected chi connectivity index (χ2v) is 5.12. The highest BCUT2D eigenvalue weighted by atomic mass is 16.4. The lowest BCUT2D eigenvalue weighted by Crippen LogP contribution is -2.52. The van der Waals surface area contributed by atoms with Crippen LogP contribution in [0.25, 0.3) is 0 Å². The van der Waals surface area contributed by atoms with Crippen molar-refractivity contribution >= 4 is 12.0 Å². The minimum absolute atomic E-state index is 0.151. The first-order valence-electron chi connectivity index (χ1n) is 6.34. The van der Waals surface area contributed by atoms with E-state index in [1.807, 2.05) is 0 Å². The van der Waals surface area contributed by atoms with Gasteiger partial charge in [-0.25, -0.2) is 9.59 Å². The lowest BCUT2D eigenvalue weighted by Gasteiger charge is -2.32. The number of amides is 2. The number of aliphatic hydroxyl groups is 1. The molecule has 0 aromatic heterocycles. The number of aliphatic carboxylic acids is 1. The van der Waals surface area contributed by atoms with E-state index in [2.05, 4.69) is 5.32 Å². The van der Waals surface area contributed by atoms with Gasteiger partial charge in [-0.3, -0.25) is 0 Å². The van der Waals surface area contributed by atoms with Gasteiger partial charge in [0.05, 0.1) is 0 Å². The average Bonchev–Trinajstić information content (AvgIpc) is 2.35. The van der Waals surface area contributed by atoms with E-state index in [-0.39, 0.29) is 24.5 Å². The molecule has 1 unspecified atom stereocenters. The Morgan fingerprint density at radius 2 is 1.89 bits per heavy atom. The highest BCUT2D eigenvalue weighted by Gasteiger charge is 2.28. The molecular weight excluding hydrogens is 236 g/mol. The molecule has 0 aromatic rings. The Kier molecular flexibility index (Phi) is 5.40. The van der Waals surface area contributed by atoms with Crippen molar-refractivity contribution < 1.29 is 19.8 Å². The second kappa shape index (κ2) is 6.58. The molecule has 2 amide bonds. The van der Waals surface area contributed by atoms with Crippen molar-refractivity contribution in [2.75, 3.05) is 19.7 Å². The van der Waals surface area contributed by atoms with E-state index in [0.29, 0.717) is 13.1 Å². The maximum atomic E-state index is 11.9. The molecule has 0 aromatic carbocycles. The molecule has 3 N–H and O–H groups in total. The lowest BCUT2D eigenvalue weighted by molar-refractivity contribution is -0.140. The molecule has 104 valence electrons. The summed E-state index contributed by atoms with van der Waals surface area (Å²) >= 11 is 0. The fourth-order valence-corrected chi connectivity index (χ4v) is 2.06. The summed E-state index contributed by atoms with van der Waals surface area (Å²) < 4.78 is 0. The summed E-state index contributed by atoms with van der Waals surface area (Å²) in [7, 11) is 0. The smallest absolute Gasteiger partial charge is 0.326 e. The first kappa shape index (κ1) is 14.8. The summed E-state index contributed by atoms with van der Waals surface area (Å²) in [5, 5.41) is 20.6. The zero-order valence-electron chi connectivity index (χ0n) is 10.9. The van der Waals surface area contributed by atoms with Crippen LogP contribution >= 0.6 is 0 Å². The number of hydrogen-bond acceptors (Lipinski definition) is 3. The third-order valence-electron chi connectivity index (χ3n) is 3.37. The van der Waals surface area contributed by atoms with Crippen molar-refractivity contribution in [1.29, 1.82) is 0 Å². The third-order valence-corrected chi connectivity index (χ3v) is 3.37. The molecule has 1 aliphatic rings. The second-order valence-electron chi connectivity index (χ2n) is 5.12. The fraction of sp³-hybridized carbons (Fsp3) is 0.833. The summed E-state index contributed by atoms with van der Waals surface area (Å²) in [6, 6.07) is -1.18. The Morgan fingerprint density at radius 3 is 2.28 bits per heavy atom. The van der Waals surface area contributed by atoms with Gasteiger partial charge >= 0.3 is 12.0 Å². The van der Waals surface area contributed by atoms with Crippen LogP contribution in [0, 0.1) is 11.8 Å². The normalized spacial score (nSPS) is 18.8.